The second-order valence-corrected chi connectivity index (χ2v) is 5.26. The van der Waals surface area contributed by atoms with E-state index in [-0.39, 0.29) is 12.1 Å². The first-order chi connectivity index (χ1) is 9.10. The monoisotopic (exact) mass is 263 g/mol. The average molecular weight is 263 g/mol. The van der Waals surface area contributed by atoms with E-state index in [4.69, 9.17) is 15.2 Å². The van der Waals surface area contributed by atoms with Crippen LogP contribution in [0, 0.1) is 5.92 Å². The van der Waals surface area contributed by atoms with Crippen LogP contribution in [-0.4, -0.2) is 19.2 Å². The zero-order valence-electron chi connectivity index (χ0n) is 11.5. The minimum Gasteiger partial charge on any atom is -0.496 e. The maximum atomic E-state index is 12.2. The van der Waals surface area contributed by atoms with Crippen molar-refractivity contribution in [1.82, 2.24) is 0 Å². The van der Waals surface area contributed by atoms with Crippen LogP contribution < -0.4 is 10.5 Å². The smallest absolute Gasteiger partial charge is 0.342 e. The van der Waals surface area contributed by atoms with Crippen LogP contribution in [-0.2, 0) is 4.74 Å². The van der Waals surface area contributed by atoms with Gasteiger partial charge in [0.1, 0.15) is 17.4 Å². The summed E-state index contributed by atoms with van der Waals surface area (Å²) in [5, 5.41) is 0. The number of benzene rings is 1. The number of ether oxygens (including phenoxy) is 2. The third kappa shape index (κ3) is 3.40. The first-order valence-corrected chi connectivity index (χ1v) is 6.74. The summed E-state index contributed by atoms with van der Waals surface area (Å²) in [6, 6.07) is 5.00. The lowest BCUT2D eigenvalue weighted by atomic mass is 9.89. The zero-order valence-corrected chi connectivity index (χ0v) is 11.5. The zero-order chi connectivity index (χ0) is 13.8. The highest BCUT2D eigenvalue weighted by Crippen LogP contribution is 2.28. The summed E-state index contributed by atoms with van der Waals surface area (Å²) < 4.78 is 10.7. The van der Waals surface area contributed by atoms with Crippen LogP contribution in [0.4, 0.5) is 5.69 Å². The molecule has 0 spiro atoms. The molecule has 1 fully saturated rings. The molecular formula is C15H21NO3. The van der Waals surface area contributed by atoms with Gasteiger partial charge in [0.2, 0.25) is 0 Å². The number of esters is 1. The quantitative estimate of drug-likeness (QED) is 0.672. The van der Waals surface area contributed by atoms with Gasteiger partial charge in [0.05, 0.1) is 7.11 Å². The summed E-state index contributed by atoms with van der Waals surface area (Å²) in [6.45, 7) is 2.20. The Hall–Kier alpha value is -1.71. The molecule has 0 bridgehead atoms. The Kier molecular flexibility index (Phi) is 4.30. The van der Waals surface area contributed by atoms with Gasteiger partial charge in [-0.3, -0.25) is 0 Å². The Labute approximate surface area is 113 Å². The topological polar surface area (TPSA) is 61.5 Å². The lowest BCUT2D eigenvalue weighted by Crippen LogP contribution is -2.24. The summed E-state index contributed by atoms with van der Waals surface area (Å²) in [4.78, 5) is 12.2. The second kappa shape index (κ2) is 5.95. The molecule has 2 rings (SSSR count). The first kappa shape index (κ1) is 13.7. The SMILES string of the molecule is COc1ccc(N)cc1C(=O)OC1CCCC(C)C1. The minimum absolute atomic E-state index is 0.0161. The fourth-order valence-electron chi connectivity index (χ4n) is 2.59. The number of nitrogen functional groups attached to an aromatic ring is 1. The molecule has 1 saturated carbocycles. The van der Waals surface area contributed by atoms with E-state index in [2.05, 4.69) is 6.92 Å². The van der Waals surface area contributed by atoms with Crippen LogP contribution in [0.25, 0.3) is 0 Å². The fourth-order valence-corrected chi connectivity index (χ4v) is 2.59. The van der Waals surface area contributed by atoms with Crippen molar-refractivity contribution in [3.05, 3.63) is 23.8 Å². The Balaban J connectivity index is 2.09. The maximum Gasteiger partial charge on any atom is 0.342 e. The first-order valence-electron chi connectivity index (χ1n) is 6.74. The number of carbonyl (C=O) groups excluding carboxylic acids is 1. The van der Waals surface area contributed by atoms with E-state index in [1.54, 1.807) is 18.2 Å². The van der Waals surface area contributed by atoms with E-state index >= 15 is 0 Å². The number of carbonyl (C=O) groups is 1. The van der Waals surface area contributed by atoms with Crippen LogP contribution in [0.15, 0.2) is 18.2 Å². The van der Waals surface area contributed by atoms with Crippen LogP contribution in [0.5, 0.6) is 5.75 Å². The predicted molar refractivity (Wildman–Crippen MR) is 74.2 cm³/mol. The average Bonchev–Trinajstić information content (AvgIpc) is 2.38. The molecule has 0 radical (unpaired) electrons. The number of methoxy groups -OCH3 is 1. The lowest BCUT2D eigenvalue weighted by Gasteiger charge is -2.26. The van der Waals surface area contributed by atoms with Gasteiger partial charge in [-0.05, 0) is 43.4 Å². The van der Waals surface area contributed by atoms with Gasteiger partial charge in [0, 0.05) is 5.69 Å². The van der Waals surface area contributed by atoms with Crippen molar-refractivity contribution in [2.45, 2.75) is 38.7 Å². The van der Waals surface area contributed by atoms with E-state index < -0.39 is 0 Å². The highest BCUT2D eigenvalue weighted by atomic mass is 16.5. The molecular weight excluding hydrogens is 242 g/mol. The standard InChI is InChI=1S/C15H21NO3/c1-10-4-3-5-12(8-10)19-15(17)13-9-11(16)6-7-14(13)18-2/h6-7,9-10,12H,3-5,8,16H2,1-2H3. The van der Waals surface area contributed by atoms with E-state index in [1.165, 1.54) is 13.5 Å². The van der Waals surface area contributed by atoms with Crippen molar-refractivity contribution >= 4 is 11.7 Å². The maximum absolute atomic E-state index is 12.2. The molecule has 0 heterocycles. The highest BCUT2D eigenvalue weighted by Gasteiger charge is 2.24. The number of hydrogen-bond acceptors (Lipinski definition) is 4. The van der Waals surface area contributed by atoms with Crippen LogP contribution in [0.3, 0.4) is 0 Å². The molecule has 4 nitrogen and oxygen atoms in total. The van der Waals surface area contributed by atoms with Crippen LogP contribution >= 0.6 is 0 Å². The van der Waals surface area contributed by atoms with Gasteiger partial charge in [-0.15, -0.1) is 0 Å². The second-order valence-electron chi connectivity index (χ2n) is 5.26. The van der Waals surface area contributed by atoms with E-state index in [1.807, 2.05) is 0 Å². The Bertz CT molecular complexity index is 459. The molecule has 4 heteroatoms. The number of anilines is 1. The predicted octanol–water partition coefficient (Wildman–Crippen LogP) is 3.01. The molecule has 19 heavy (non-hydrogen) atoms. The fraction of sp³-hybridized carbons (Fsp3) is 0.533. The van der Waals surface area contributed by atoms with Gasteiger partial charge >= 0.3 is 5.97 Å². The number of nitrogens with two attached hydrogens (primary N) is 1. The highest BCUT2D eigenvalue weighted by molar-refractivity contribution is 5.93. The van der Waals surface area contributed by atoms with E-state index in [0.29, 0.717) is 22.9 Å². The number of rotatable bonds is 3. The van der Waals surface area contributed by atoms with Crippen molar-refractivity contribution in [3.8, 4) is 5.75 Å². The summed E-state index contributed by atoms with van der Waals surface area (Å²) in [7, 11) is 1.53. The van der Waals surface area contributed by atoms with E-state index in [0.717, 1.165) is 19.3 Å². The Morgan fingerprint density at radius 3 is 2.84 bits per heavy atom. The number of hydrogen-bond donors (Lipinski definition) is 1. The van der Waals surface area contributed by atoms with Gasteiger partial charge in [-0.2, -0.15) is 0 Å². The molecule has 0 aromatic heterocycles. The largest absolute Gasteiger partial charge is 0.496 e. The summed E-state index contributed by atoms with van der Waals surface area (Å²) in [5.74, 6) is 0.778. The molecule has 2 N–H and O–H groups in total. The van der Waals surface area contributed by atoms with Crippen molar-refractivity contribution in [2.24, 2.45) is 5.92 Å². The Morgan fingerprint density at radius 2 is 2.16 bits per heavy atom. The molecule has 0 saturated heterocycles. The molecule has 0 aliphatic heterocycles. The van der Waals surface area contributed by atoms with Crippen LogP contribution in [0.2, 0.25) is 0 Å². The summed E-state index contributed by atoms with van der Waals surface area (Å²) >= 11 is 0. The van der Waals surface area contributed by atoms with Gasteiger partial charge in [0.25, 0.3) is 0 Å². The van der Waals surface area contributed by atoms with Crippen molar-refractivity contribution < 1.29 is 14.3 Å². The summed E-state index contributed by atoms with van der Waals surface area (Å²) in [6.07, 6.45) is 4.24. The minimum atomic E-state index is -0.344. The normalized spacial score (nSPS) is 22.8. The van der Waals surface area contributed by atoms with Gasteiger partial charge in [0.15, 0.2) is 0 Å². The molecule has 0 amide bonds. The molecule has 1 aromatic rings. The van der Waals surface area contributed by atoms with E-state index in [9.17, 15) is 4.79 Å². The molecule has 2 atom stereocenters. The van der Waals surface area contributed by atoms with Gasteiger partial charge < -0.3 is 15.2 Å². The molecule has 1 aromatic carbocycles. The van der Waals surface area contributed by atoms with Crippen molar-refractivity contribution in [3.63, 3.8) is 0 Å². The van der Waals surface area contributed by atoms with Gasteiger partial charge in [-0.25, -0.2) is 4.79 Å². The molecule has 1 aliphatic rings. The van der Waals surface area contributed by atoms with Crippen LogP contribution in [0.1, 0.15) is 43.0 Å². The molecule has 2 unspecified atom stereocenters. The Morgan fingerprint density at radius 1 is 1.37 bits per heavy atom. The molecule has 104 valence electrons. The van der Waals surface area contributed by atoms with Crippen molar-refractivity contribution in [2.75, 3.05) is 12.8 Å². The molecule has 1 aliphatic carbocycles. The van der Waals surface area contributed by atoms with Crippen molar-refractivity contribution in [1.29, 1.82) is 0 Å². The van der Waals surface area contributed by atoms with Gasteiger partial charge in [-0.1, -0.05) is 13.3 Å². The summed E-state index contributed by atoms with van der Waals surface area (Å²) in [5.41, 5.74) is 6.65. The third-order valence-electron chi connectivity index (χ3n) is 3.61. The lowest BCUT2D eigenvalue weighted by molar-refractivity contribution is 0.0152. The third-order valence-corrected chi connectivity index (χ3v) is 3.61.